The highest BCUT2D eigenvalue weighted by atomic mass is 16.3. The van der Waals surface area contributed by atoms with Gasteiger partial charge in [-0.15, -0.1) is 0 Å². The number of nitrogens with two attached hydrogens (primary N) is 1. The third kappa shape index (κ3) is 5.76. The fraction of sp³-hybridized carbons (Fsp3) is 1.00. The Balaban J connectivity index is 2.88. The highest BCUT2D eigenvalue weighted by Crippen LogP contribution is 1.77. The summed E-state index contributed by atoms with van der Waals surface area (Å²) in [5, 5.41) is 11.5. The molecule has 0 aliphatic carbocycles. The van der Waals surface area contributed by atoms with Crippen LogP contribution in [0, 0.1) is 0 Å². The lowest BCUT2D eigenvalue weighted by molar-refractivity contribution is 0.284. The first-order valence-corrected chi connectivity index (χ1v) is 3.35. The van der Waals surface area contributed by atoms with Crippen LogP contribution in [0.15, 0.2) is 0 Å². The van der Waals surface area contributed by atoms with Gasteiger partial charge < -0.3 is 16.2 Å². The molecule has 0 radical (unpaired) electrons. The molecule has 0 aromatic rings. The lowest BCUT2D eigenvalue weighted by atomic mass is 10.3. The Morgan fingerprint density at radius 1 is 1.67 bits per heavy atom. The van der Waals surface area contributed by atoms with Crippen LogP contribution in [0.2, 0.25) is 0 Å². The largest absolute Gasteiger partial charge is 0.396 e. The van der Waals surface area contributed by atoms with E-state index in [0.717, 1.165) is 13.0 Å². The van der Waals surface area contributed by atoms with Crippen LogP contribution in [0.1, 0.15) is 13.3 Å². The van der Waals surface area contributed by atoms with Crippen LogP contribution in [0.5, 0.6) is 0 Å². The molecule has 0 saturated heterocycles. The van der Waals surface area contributed by atoms with Crippen LogP contribution in [-0.2, 0) is 0 Å². The molecule has 0 aliphatic rings. The molecule has 4 N–H and O–H groups in total. The topological polar surface area (TPSA) is 58.3 Å². The number of aliphatic hydroxyl groups is 1. The van der Waals surface area contributed by atoms with E-state index in [-0.39, 0.29) is 6.61 Å². The van der Waals surface area contributed by atoms with Gasteiger partial charge in [-0.25, -0.2) is 0 Å². The van der Waals surface area contributed by atoms with E-state index in [4.69, 9.17) is 10.8 Å². The van der Waals surface area contributed by atoms with Gasteiger partial charge in [-0.05, 0) is 19.9 Å². The summed E-state index contributed by atoms with van der Waals surface area (Å²) in [6.45, 7) is 3.79. The molecule has 3 heteroatoms. The van der Waals surface area contributed by atoms with Crippen molar-refractivity contribution < 1.29 is 5.11 Å². The molecule has 3 nitrogen and oxygen atoms in total. The summed E-state index contributed by atoms with van der Waals surface area (Å²) in [5.74, 6) is 0. The predicted molar refractivity (Wildman–Crippen MR) is 38.2 cm³/mol. The lowest BCUT2D eigenvalue weighted by Gasteiger charge is -2.08. The van der Waals surface area contributed by atoms with Crippen LogP contribution >= 0.6 is 0 Å². The molecule has 1 atom stereocenters. The van der Waals surface area contributed by atoms with Crippen molar-refractivity contribution in [1.82, 2.24) is 5.32 Å². The number of aliphatic hydroxyl groups excluding tert-OH is 1. The fourth-order valence-electron chi connectivity index (χ4n) is 0.511. The van der Waals surface area contributed by atoms with E-state index in [1.807, 2.05) is 6.92 Å². The van der Waals surface area contributed by atoms with Crippen molar-refractivity contribution in [3.05, 3.63) is 0 Å². The molecule has 0 fully saturated rings. The molecule has 0 amide bonds. The molecule has 1 unspecified atom stereocenters. The van der Waals surface area contributed by atoms with Gasteiger partial charge in [0.2, 0.25) is 0 Å². The van der Waals surface area contributed by atoms with Gasteiger partial charge >= 0.3 is 0 Å². The summed E-state index contributed by atoms with van der Waals surface area (Å²) in [4.78, 5) is 0. The van der Waals surface area contributed by atoms with E-state index in [1.165, 1.54) is 0 Å². The normalized spacial score (nSPS) is 13.7. The molecule has 9 heavy (non-hydrogen) atoms. The molecular weight excluding hydrogens is 116 g/mol. The van der Waals surface area contributed by atoms with E-state index in [9.17, 15) is 0 Å². The smallest absolute Gasteiger partial charge is 0.0443 e. The first-order chi connectivity index (χ1) is 4.31. The first-order valence-electron chi connectivity index (χ1n) is 3.35. The van der Waals surface area contributed by atoms with Crippen molar-refractivity contribution in [2.24, 2.45) is 5.73 Å². The predicted octanol–water partition coefficient (Wildman–Crippen LogP) is -0.694. The van der Waals surface area contributed by atoms with Crippen molar-refractivity contribution in [2.75, 3.05) is 19.7 Å². The van der Waals surface area contributed by atoms with E-state index in [1.54, 1.807) is 0 Å². The van der Waals surface area contributed by atoms with Crippen LogP contribution in [-0.4, -0.2) is 30.8 Å². The third-order valence-corrected chi connectivity index (χ3v) is 1.18. The zero-order valence-electron chi connectivity index (χ0n) is 5.93. The molecule has 0 bridgehead atoms. The highest BCUT2D eigenvalue weighted by Gasteiger charge is 1.93. The summed E-state index contributed by atoms with van der Waals surface area (Å²) >= 11 is 0. The average Bonchev–Trinajstić information content (AvgIpc) is 1.89. The Labute approximate surface area is 56.2 Å². The number of hydrogen-bond acceptors (Lipinski definition) is 3. The summed E-state index contributed by atoms with van der Waals surface area (Å²) in [6, 6.07) is 0.372. The maximum absolute atomic E-state index is 8.38. The molecule has 0 aliphatic heterocycles. The minimum atomic E-state index is 0.254. The maximum atomic E-state index is 8.38. The SMILES string of the molecule is CC(CN)NCCCO. The Morgan fingerprint density at radius 2 is 2.33 bits per heavy atom. The Bertz CT molecular complexity index is 59.0. The Morgan fingerprint density at radius 3 is 2.78 bits per heavy atom. The van der Waals surface area contributed by atoms with Crippen LogP contribution in [0.4, 0.5) is 0 Å². The van der Waals surface area contributed by atoms with Gasteiger partial charge in [0.25, 0.3) is 0 Å². The average molecular weight is 132 g/mol. The second-order valence-electron chi connectivity index (χ2n) is 2.17. The van der Waals surface area contributed by atoms with Crippen LogP contribution < -0.4 is 11.1 Å². The molecule has 56 valence electrons. The van der Waals surface area contributed by atoms with Crippen molar-refractivity contribution in [2.45, 2.75) is 19.4 Å². The van der Waals surface area contributed by atoms with Gasteiger partial charge in [0.05, 0.1) is 0 Å². The van der Waals surface area contributed by atoms with Gasteiger partial charge in [0.15, 0.2) is 0 Å². The van der Waals surface area contributed by atoms with Gasteiger partial charge in [0.1, 0.15) is 0 Å². The Kier molecular flexibility index (Phi) is 5.93. The molecular formula is C6H16N2O. The first kappa shape index (κ1) is 8.88. The minimum Gasteiger partial charge on any atom is -0.396 e. The standard InChI is InChI=1S/C6H16N2O/c1-6(5-7)8-3-2-4-9/h6,8-9H,2-5,7H2,1H3. The van der Waals surface area contributed by atoms with Crippen molar-refractivity contribution in [3.8, 4) is 0 Å². The number of rotatable bonds is 5. The second-order valence-corrected chi connectivity index (χ2v) is 2.17. The van der Waals surface area contributed by atoms with Gasteiger partial charge in [-0.2, -0.15) is 0 Å². The van der Waals surface area contributed by atoms with E-state index >= 15 is 0 Å². The summed E-state index contributed by atoms with van der Waals surface area (Å²) in [7, 11) is 0. The zero-order valence-corrected chi connectivity index (χ0v) is 5.93. The van der Waals surface area contributed by atoms with Gasteiger partial charge in [-0.3, -0.25) is 0 Å². The maximum Gasteiger partial charge on any atom is 0.0443 e. The van der Waals surface area contributed by atoms with Gasteiger partial charge in [-0.1, -0.05) is 0 Å². The molecule has 0 saturated carbocycles. The number of nitrogens with one attached hydrogen (secondary N) is 1. The summed E-state index contributed by atoms with van der Waals surface area (Å²) in [5.41, 5.74) is 5.33. The quantitative estimate of drug-likeness (QED) is 0.434. The monoisotopic (exact) mass is 132 g/mol. The molecule has 0 aromatic carbocycles. The molecule has 0 heterocycles. The molecule has 0 spiro atoms. The lowest BCUT2D eigenvalue weighted by Crippen LogP contribution is -2.33. The highest BCUT2D eigenvalue weighted by molar-refractivity contribution is 4.59. The van der Waals surface area contributed by atoms with Crippen molar-refractivity contribution >= 4 is 0 Å². The Hall–Kier alpha value is -0.120. The molecule has 0 aromatic heterocycles. The molecule has 0 rings (SSSR count). The van der Waals surface area contributed by atoms with Crippen molar-refractivity contribution in [1.29, 1.82) is 0 Å². The van der Waals surface area contributed by atoms with E-state index in [0.29, 0.717) is 12.6 Å². The van der Waals surface area contributed by atoms with E-state index < -0.39 is 0 Å². The minimum absolute atomic E-state index is 0.254. The van der Waals surface area contributed by atoms with Gasteiger partial charge in [0, 0.05) is 19.2 Å². The summed E-state index contributed by atoms with van der Waals surface area (Å²) < 4.78 is 0. The fourth-order valence-corrected chi connectivity index (χ4v) is 0.511. The van der Waals surface area contributed by atoms with E-state index in [2.05, 4.69) is 5.32 Å². The third-order valence-electron chi connectivity index (χ3n) is 1.18. The van der Waals surface area contributed by atoms with Crippen LogP contribution in [0.3, 0.4) is 0 Å². The summed E-state index contributed by atoms with van der Waals surface area (Å²) in [6.07, 6.45) is 0.810. The van der Waals surface area contributed by atoms with Crippen LogP contribution in [0.25, 0.3) is 0 Å². The zero-order chi connectivity index (χ0) is 7.11. The van der Waals surface area contributed by atoms with Crippen molar-refractivity contribution in [3.63, 3.8) is 0 Å². The number of hydrogen-bond donors (Lipinski definition) is 3. The second kappa shape index (κ2) is 6.01.